The molecule has 0 aliphatic carbocycles. The Morgan fingerprint density at radius 3 is 2.63 bits per heavy atom. The van der Waals surface area contributed by atoms with Gasteiger partial charge in [0.2, 0.25) is 0 Å². The fraction of sp³-hybridized carbons (Fsp3) is 0.458. The fourth-order valence-electron chi connectivity index (χ4n) is 4.16. The molecule has 0 saturated heterocycles. The second-order valence-corrected chi connectivity index (χ2v) is 8.99. The van der Waals surface area contributed by atoms with E-state index in [1.165, 1.54) is 0 Å². The Balaban J connectivity index is 2.19. The highest BCUT2D eigenvalue weighted by Crippen LogP contribution is 2.49. The third-order valence-electron chi connectivity index (χ3n) is 5.67. The first-order chi connectivity index (χ1) is 14.5. The zero-order valence-corrected chi connectivity index (χ0v) is 18.8. The number of carbonyl (C=O) groups is 1. The first kappa shape index (κ1) is 22.5. The van der Waals surface area contributed by atoms with Gasteiger partial charge in [-0.3, -0.25) is 4.79 Å². The summed E-state index contributed by atoms with van der Waals surface area (Å²) in [6.45, 7) is 3.59. The summed E-state index contributed by atoms with van der Waals surface area (Å²) in [7, 11) is 4.02. The number of carbonyl (C=O) groups excluding carboxylic acids is 1. The third-order valence-corrected chi connectivity index (χ3v) is 6.77. The molecule has 0 saturated carbocycles. The van der Waals surface area contributed by atoms with Gasteiger partial charge in [-0.15, -0.1) is 16.7 Å². The first-order valence-electron chi connectivity index (χ1n) is 10.5. The quantitative estimate of drug-likeness (QED) is 0.397. The monoisotopic (exact) mass is 426 g/mol. The molecule has 2 aromatic carbocycles. The molecule has 0 aromatic heterocycles. The van der Waals surface area contributed by atoms with Crippen LogP contribution in [0.2, 0.25) is 0 Å². The van der Waals surface area contributed by atoms with Crippen LogP contribution in [0.5, 0.6) is 5.75 Å². The summed E-state index contributed by atoms with van der Waals surface area (Å²) < 4.78 is 6.11. The summed E-state index contributed by atoms with van der Waals surface area (Å²) in [6.07, 6.45) is 3.32. The van der Waals surface area contributed by atoms with E-state index in [0.29, 0.717) is 18.8 Å². The van der Waals surface area contributed by atoms with E-state index in [1.54, 1.807) is 11.8 Å². The van der Waals surface area contributed by atoms with Crippen LogP contribution < -0.4 is 4.74 Å². The lowest BCUT2D eigenvalue weighted by Gasteiger charge is -2.33. The van der Waals surface area contributed by atoms with Crippen molar-refractivity contribution in [1.29, 1.82) is 0 Å². The van der Waals surface area contributed by atoms with Crippen LogP contribution in [0.25, 0.3) is 0 Å². The molecule has 6 heteroatoms. The molecular weight excluding hydrogens is 396 g/mol. The van der Waals surface area contributed by atoms with Crippen LogP contribution in [0.3, 0.4) is 0 Å². The molecule has 5 nitrogen and oxygen atoms in total. The van der Waals surface area contributed by atoms with Crippen molar-refractivity contribution in [3.8, 4) is 5.75 Å². The van der Waals surface area contributed by atoms with Gasteiger partial charge in [-0.2, -0.15) is 0 Å². The van der Waals surface area contributed by atoms with Gasteiger partial charge in [0, 0.05) is 21.4 Å². The third kappa shape index (κ3) is 4.44. The predicted octanol–water partition coefficient (Wildman–Crippen LogP) is 5.39. The maximum atomic E-state index is 13.3. The van der Waals surface area contributed by atoms with Gasteiger partial charge >= 0.3 is 5.91 Å². The molecule has 0 bridgehead atoms. The number of nitrogens with zero attached hydrogens (tertiary/aromatic N) is 2. The summed E-state index contributed by atoms with van der Waals surface area (Å²) in [5.41, 5.74) is 1.65. The number of nitroso groups, excluding NO2 is 1. The zero-order chi connectivity index (χ0) is 21.6. The Bertz CT molecular complexity index is 900. The van der Waals surface area contributed by atoms with Crippen molar-refractivity contribution in [2.75, 3.05) is 27.2 Å². The minimum absolute atomic E-state index is 0.527. The van der Waals surface area contributed by atoms with E-state index < -0.39 is 11.3 Å². The molecule has 160 valence electrons. The van der Waals surface area contributed by atoms with Crippen LogP contribution in [0, 0.1) is 4.91 Å². The number of thioether (sulfide) groups is 1. The highest BCUT2D eigenvalue weighted by molar-refractivity contribution is 7.98. The number of fused-ring (bicyclic) bond motifs is 2. The minimum Gasteiger partial charge on any atom is -0.493 e. The molecule has 1 amide bonds. The van der Waals surface area contributed by atoms with Gasteiger partial charge in [-0.25, -0.2) is 0 Å². The molecule has 1 heterocycles. The zero-order valence-electron chi connectivity index (χ0n) is 18.0. The summed E-state index contributed by atoms with van der Waals surface area (Å²) in [5, 5.41) is 2.97. The number of hydrogen-bond donors (Lipinski definition) is 0. The van der Waals surface area contributed by atoms with E-state index in [4.69, 9.17) is 4.74 Å². The molecule has 0 radical (unpaired) electrons. The Kier molecular flexibility index (Phi) is 7.67. The molecule has 0 spiro atoms. The smallest absolute Gasteiger partial charge is 0.301 e. The van der Waals surface area contributed by atoms with Crippen molar-refractivity contribution >= 4 is 17.7 Å². The Labute approximate surface area is 183 Å². The van der Waals surface area contributed by atoms with Gasteiger partial charge in [0.15, 0.2) is 0 Å². The molecule has 1 aliphatic rings. The molecule has 30 heavy (non-hydrogen) atoms. The van der Waals surface area contributed by atoms with Crippen LogP contribution in [0.1, 0.15) is 49.3 Å². The predicted molar refractivity (Wildman–Crippen MR) is 122 cm³/mol. The molecular formula is C24H30N2O3S. The molecule has 0 N–H and O–H groups in total. The van der Waals surface area contributed by atoms with E-state index in [1.807, 2.05) is 56.6 Å². The molecule has 1 aliphatic heterocycles. The van der Waals surface area contributed by atoms with Crippen molar-refractivity contribution in [2.24, 2.45) is 5.18 Å². The summed E-state index contributed by atoms with van der Waals surface area (Å²) >= 11 is 1.69. The van der Waals surface area contributed by atoms with Crippen LogP contribution in [0.15, 0.2) is 52.5 Å². The van der Waals surface area contributed by atoms with Crippen LogP contribution in [-0.4, -0.2) is 38.1 Å². The number of amides is 1. The van der Waals surface area contributed by atoms with Crippen molar-refractivity contribution in [2.45, 2.75) is 48.7 Å². The number of benzene rings is 2. The van der Waals surface area contributed by atoms with E-state index >= 15 is 0 Å². The largest absolute Gasteiger partial charge is 0.493 e. The number of ether oxygens (including phenoxy) is 1. The number of unbranched alkanes of at least 4 members (excludes halogenated alkanes) is 1. The number of rotatable bonds is 9. The van der Waals surface area contributed by atoms with E-state index in [-0.39, 0.29) is 0 Å². The van der Waals surface area contributed by atoms with Crippen molar-refractivity contribution in [1.82, 2.24) is 4.90 Å². The van der Waals surface area contributed by atoms with Crippen molar-refractivity contribution in [3.63, 3.8) is 0 Å². The number of hydrogen-bond acceptors (Lipinski definition) is 5. The Morgan fingerprint density at radius 1 is 1.13 bits per heavy atom. The first-order valence-corrected chi connectivity index (χ1v) is 11.5. The molecule has 1 unspecified atom stereocenters. The van der Waals surface area contributed by atoms with Gasteiger partial charge in [0.1, 0.15) is 11.2 Å². The lowest BCUT2D eigenvalue weighted by Crippen LogP contribution is -2.38. The molecule has 3 rings (SSSR count). The van der Waals surface area contributed by atoms with Gasteiger partial charge in [-0.05, 0) is 63.2 Å². The van der Waals surface area contributed by atoms with Gasteiger partial charge in [0.05, 0.1) is 6.61 Å². The van der Waals surface area contributed by atoms with Crippen LogP contribution >= 0.6 is 11.8 Å². The van der Waals surface area contributed by atoms with Crippen molar-refractivity contribution < 1.29 is 9.53 Å². The normalized spacial score (nSPS) is 17.7. The topological polar surface area (TPSA) is 59.0 Å². The average molecular weight is 427 g/mol. The van der Waals surface area contributed by atoms with Crippen molar-refractivity contribution in [3.05, 3.63) is 64.1 Å². The van der Waals surface area contributed by atoms with E-state index in [9.17, 15) is 9.70 Å². The van der Waals surface area contributed by atoms with E-state index in [0.717, 1.165) is 53.1 Å². The lowest BCUT2D eigenvalue weighted by molar-refractivity contribution is -0.122. The standard InChI is InChI=1S/C24H30N2O3S/c1-4-5-16-29-21-12-8-11-19-18(21)17-30-22-13-7-6-10-20(22)24(19,23(27)25-28)14-9-15-26(2)3/h6-8,10-13H,4-5,9,14-17H2,1-3H3. The van der Waals surface area contributed by atoms with Gasteiger partial charge < -0.3 is 9.64 Å². The Hall–Kier alpha value is -2.18. The van der Waals surface area contributed by atoms with Gasteiger partial charge in [0.25, 0.3) is 0 Å². The maximum absolute atomic E-state index is 13.3. The minimum atomic E-state index is -1.09. The summed E-state index contributed by atoms with van der Waals surface area (Å²) in [4.78, 5) is 28.1. The maximum Gasteiger partial charge on any atom is 0.301 e. The molecule has 0 fully saturated rings. The SMILES string of the molecule is CCCCOc1cccc2c1CSc1ccccc1C2(CCCN(C)C)C(=O)N=O. The summed E-state index contributed by atoms with van der Waals surface area (Å²) in [6, 6.07) is 13.8. The Morgan fingerprint density at radius 2 is 1.90 bits per heavy atom. The molecule has 1 atom stereocenters. The molecule has 2 aromatic rings. The summed E-state index contributed by atoms with van der Waals surface area (Å²) in [5.74, 6) is 0.871. The fourth-order valence-corrected chi connectivity index (χ4v) is 5.33. The second kappa shape index (κ2) is 10.2. The second-order valence-electron chi connectivity index (χ2n) is 7.98. The average Bonchev–Trinajstić information content (AvgIpc) is 2.89. The lowest BCUT2D eigenvalue weighted by atomic mass is 9.69. The van der Waals surface area contributed by atoms with Gasteiger partial charge in [-0.1, -0.05) is 43.7 Å². The van der Waals surface area contributed by atoms with E-state index in [2.05, 4.69) is 17.0 Å². The van der Waals surface area contributed by atoms with Crippen LogP contribution in [0.4, 0.5) is 0 Å². The highest BCUT2D eigenvalue weighted by Gasteiger charge is 2.47. The van der Waals surface area contributed by atoms with Crippen LogP contribution in [-0.2, 0) is 16.0 Å². The highest BCUT2D eigenvalue weighted by atomic mass is 32.2.